The van der Waals surface area contributed by atoms with Gasteiger partial charge in [-0.3, -0.25) is 4.79 Å². The first kappa shape index (κ1) is 13.4. The van der Waals surface area contributed by atoms with Crippen molar-refractivity contribution in [2.75, 3.05) is 5.32 Å². The fourth-order valence-corrected chi connectivity index (χ4v) is 1.92. The molecule has 0 unspecified atom stereocenters. The van der Waals surface area contributed by atoms with Gasteiger partial charge >= 0.3 is 0 Å². The zero-order valence-electron chi connectivity index (χ0n) is 10.6. The van der Waals surface area contributed by atoms with Gasteiger partial charge < -0.3 is 5.32 Å². The van der Waals surface area contributed by atoms with Crippen molar-refractivity contribution < 1.29 is 4.79 Å². The quantitative estimate of drug-likeness (QED) is 0.825. The third kappa shape index (κ3) is 3.97. The van der Waals surface area contributed by atoms with E-state index in [1.807, 2.05) is 37.3 Å². The summed E-state index contributed by atoms with van der Waals surface area (Å²) in [5.74, 6) is -0.163. The van der Waals surface area contributed by atoms with Crippen molar-refractivity contribution in [2.24, 2.45) is 0 Å². The molecule has 0 spiro atoms. The van der Waals surface area contributed by atoms with E-state index in [-0.39, 0.29) is 5.91 Å². The number of allylic oxidation sites excluding steroid dienone is 1. The topological polar surface area (TPSA) is 29.1 Å². The van der Waals surface area contributed by atoms with Gasteiger partial charge in [0, 0.05) is 16.8 Å². The highest BCUT2D eigenvalue weighted by atomic mass is 35.5. The molecule has 0 fully saturated rings. The summed E-state index contributed by atoms with van der Waals surface area (Å²) in [6.07, 6.45) is 1.58. The molecule has 1 N–H and O–H groups in total. The molecule has 2 aromatic rings. The Hall–Kier alpha value is -2.06. The molecule has 0 saturated carbocycles. The van der Waals surface area contributed by atoms with Crippen molar-refractivity contribution in [2.45, 2.75) is 6.92 Å². The minimum absolute atomic E-state index is 0.163. The van der Waals surface area contributed by atoms with E-state index in [0.717, 1.165) is 11.1 Å². The van der Waals surface area contributed by atoms with Crippen LogP contribution < -0.4 is 5.32 Å². The Balaban J connectivity index is 2.09. The molecular formula is C16H14ClNO. The molecule has 0 aliphatic carbocycles. The lowest BCUT2D eigenvalue weighted by atomic mass is 10.1. The van der Waals surface area contributed by atoms with Crippen molar-refractivity contribution in [3.05, 3.63) is 71.3 Å². The van der Waals surface area contributed by atoms with Crippen LogP contribution in [0.25, 0.3) is 5.57 Å². The maximum atomic E-state index is 11.9. The van der Waals surface area contributed by atoms with E-state index in [9.17, 15) is 4.79 Å². The fraction of sp³-hybridized carbons (Fsp3) is 0.0625. The van der Waals surface area contributed by atoms with E-state index in [4.69, 9.17) is 11.6 Å². The SMILES string of the molecule is C/C(=C\C(=O)Nc1cccc(Cl)c1)c1ccccc1. The summed E-state index contributed by atoms with van der Waals surface area (Å²) >= 11 is 5.86. The lowest BCUT2D eigenvalue weighted by Crippen LogP contribution is -2.08. The molecular weight excluding hydrogens is 258 g/mol. The Bertz CT molecular complexity index is 605. The number of hydrogen-bond donors (Lipinski definition) is 1. The highest BCUT2D eigenvalue weighted by Gasteiger charge is 2.01. The first-order valence-corrected chi connectivity index (χ1v) is 6.33. The van der Waals surface area contributed by atoms with Gasteiger partial charge in [-0.2, -0.15) is 0 Å². The van der Waals surface area contributed by atoms with Gasteiger partial charge in [0.25, 0.3) is 0 Å². The van der Waals surface area contributed by atoms with E-state index in [1.165, 1.54) is 0 Å². The Morgan fingerprint density at radius 3 is 2.53 bits per heavy atom. The van der Waals surface area contributed by atoms with E-state index < -0.39 is 0 Å². The number of hydrogen-bond acceptors (Lipinski definition) is 1. The average molecular weight is 272 g/mol. The van der Waals surface area contributed by atoms with Crippen LogP contribution >= 0.6 is 11.6 Å². The zero-order chi connectivity index (χ0) is 13.7. The van der Waals surface area contributed by atoms with Crippen LogP contribution in [0.4, 0.5) is 5.69 Å². The van der Waals surface area contributed by atoms with Crippen molar-refractivity contribution in [3.8, 4) is 0 Å². The minimum Gasteiger partial charge on any atom is -0.322 e. The maximum absolute atomic E-state index is 11.9. The summed E-state index contributed by atoms with van der Waals surface area (Å²) in [6, 6.07) is 16.9. The lowest BCUT2D eigenvalue weighted by molar-refractivity contribution is -0.111. The smallest absolute Gasteiger partial charge is 0.248 e. The van der Waals surface area contributed by atoms with Crippen LogP contribution in [0.3, 0.4) is 0 Å². The number of nitrogens with one attached hydrogen (secondary N) is 1. The molecule has 2 aromatic carbocycles. The molecule has 2 rings (SSSR count). The summed E-state index contributed by atoms with van der Waals surface area (Å²) < 4.78 is 0. The van der Waals surface area contributed by atoms with Gasteiger partial charge in [0.05, 0.1) is 0 Å². The first-order chi connectivity index (χ1) is 9.15. The molecule has 0 aromatic heterocycles. The second-order valence-electron chi connectivity index (χ2n) is 4.19. The van der Waals surface area contributed by atoms with Gasteiger partial charge in [-0.1, -0.05) is 48.0 Å². The number of amides is 1. The van der Waals surface area contributed by atoms with E-state index in [1.54, 1.807) is 30.3 Å². The molecule has 0 aliphatic rings. The molecule has 1 amide bonds. The fourth-order valence-electron chi connectivity index (χ4n) is 1.73. The highest BCUT2D eigenvalue weighted by molar-refractivity contribution is 6.30. The summed E-state index contributed by atoms with van der Waals surface area (Å²) in [6.45, 7) is 1.91. The van der Waals surface area contributed by atoms with Gasteiger partial charge in [-0.05, 0) is 36.3 Å². The number of carbonyl (C=O) groups is 1. The minimum atomic E-state index is -0.163. The van der Waals surface area contributed by atoms with Gasteiger partial charge in [0.2, 0.25) is 5.91 Å². The van der Waals surface area contributed by atoms with Crippen LogP contribution in [0.1, 0.15) is 12.5 Å². The van der Waals surface area contributed by atoms with Crippen molar-refractivity contribution in [1.29, 1.82) is 0 Å². The molecule has 0 atom stereocenters. The maximum Gasteiger partial charge on any atom is 0.248 e. The lowest BCUT2D eigenvalue weighted by Gasteiger charge is -2.04. The average Bonchev–Trinajstić information content (AvgIpc) is 2.39. The first-order valence-electron chi connectivity index (χ1n) is 5.95. The molecule has 0 bridgehead atoms. The van der Waals surface area contributed by atoms with Crippen molar-refractivity contribution in [3.63, 3.8) is 0 Å². The summed E-state index contributed by atoms with van der Waals surface area (Å²) in [5, 5.41) is 3.38. The van der Waals surface area contributed by atoms with Crippen molar-refractivity contribution in [1.82, 2.24) is 0 Å². The number of rotatable bonds is 3. The summed E-state index contributed by atoms with van der Waals surface area (Å²) in [5.41, 5.74) is 2.64. The summed E-state index contributed by atoms with van der Waals surface area (Å²) in [7, 11) is 0. The van der Waals surface area contributed by atoms with Gasteiger partial charge in [-0.25, -0.2) is 0 Å². The Morgan fingerprint density at radius 2 is 1.84 bits per heavy atom. The monoisotopic (exact) mass is 271 g/mol. The molecule has 0 heterocycles. The third-order valence-corrected chi connectivity index (χ3v) is 2.90. The predicted molar refractivity (Wildman–Crippen MR) is 80.2 cm³/mol. The van der Waals surface area contributed by atoms with E-state index in [0.29, 0.717) is 10.7 Å². The number of carbonyl (C=O) groups excluding carboxylic acids is 1. The summed E-state index contributed by atoms with van der Waals surface area (Å²) in [4.78, 5) is 11.9. The Kier molecular flexibility index (Phi) is 4.37. The number of benzene rings is 2. The molecule has 0 saturated heterocycles. The van der Waals surface area contributed by atoms with Crippen molar-refractivity contribution >= 4 is 28.8 Å². The Morgan fingerprint density at radius 1 is 1.11 bits per heavy atom. The predicted octanol–water partition coefficient (Wildman–Crippen LogP) is 4.38. The largest absolute Gasteiger partial charge is 0.322 e. The second-order valence-corrected chi connectivity index (χ2v) is 4.63. The molecule has 19 heavy (non-hydrogen) atoms. The van der Waals surface area contributed by atoms with Gasteiger partial charge in [0.15, 0.2) is 0 Å². The van der Waals surface area contributed by atoms with E-state index >= 15 is 0 Å². The normalized spacial score (nSPS) is 11.2. The van der Waals surface area contributed by atoms with Gasteiger partial charge in [0.1, 0.15) is 0 Å². The standard InChI is InChI=1S/C16H14ClNO/c1-12(13-6-3-2-4-7-13)10-16(19)18-15-9-5-8-14(17)11-15/h2-11H,1H3,(H,18,19)/b12-10+. The van der Waals surface area contributed by atoms with Crippen LogP contribution in [0, 0.1) is 0 Å². The third-order valence-electron chi connectivity index (χ3n) is 2.67. The van der Waals surface area contributed by atoms with Crippen LogP contribution in [0.2, 0.25) is 5.02 Å². The molecule has 3 heteroatoms. The zero-order valence-corrected chi connectivity index (χ0v) is 11.3. The van der Waals surface area contributed by atoms with Crippen LogP contribution in [-0.2, 0) is 4.79 Å². The van der Waals surface area contributed by atoms with Crippen LogP contribution in [0.5, 0.6) is 0 Å². The molecule has 0 aliphatic heterocycles. The number of halogens is 1. The molecule has 0 radical (unpaired) electrons. The second kappa shape index (κ2) is 6.21. The number of anilines is 1. The van der Waals surface area contributed by atoms with Gasteiger partial charge in [-0.15, -0.1) is 0 Å². The highest BCUT2D eigenvalue weighted by Crippen LogP contribution is 2.16. The molecule has 96 valence electrons. The van der Waals surface area contributed by atoms with Crippen LogP contribution in [0.15, 0.2) is 60.7 Å². The van der Waals surface area contributed by atoms with E-state index in [2.05, 4.69) is 5.32 Å². The Labute approximate surface area is 117 Å². The molecule has 2 nitrogen and oxygen atoms in total. The van der Waals surface area contributed by atoms with Crippen LogP contribution in [-0.4, -0.2) is 5.91 Å².